The highest BCUT2D eigenvalue weighted by molar-refractivity contribution is 7.89. The Morgan fingerprint density at radius 1 is 1.33 bits per heavy atom. The second kappa shape index (κ2) is 6.85. The Kier molecular flexibility index (Phi) is 5.35. The van der Waals surface area contributed by atoms with Gasteiger partial charge in [-0.05, 0) is 49.4 Å². The number of sulfonamides is 1. The summed E-state index contributed by atoms with van der Waals surface area (Å²) in [6.07, 6.45) is 2.65. The van der Waals surface area contributed by atoms with E-state index in [9.17, 15) is 12.8 Å². The van der Waals surface area contributed by atoms with E-state index in [0.717, 1.165) is 31.9 Å². The van der Waals surface area contributed by atoms with E-state index in [1.165, 1.54) is 12.1 Å². The monoisotopic (exact) mass is 314 g/mol. The summed E-state index contributed by atoms with van der Waals surface area (Å²) in [6, 6.07) is 3.92. The van der Waals surface area contributed by atoms with Gasteiger partial charge in [-0.1, -0.05) is 19.9 Å². The third kappa shape index (κ3) is 4.25. The molecule has 1 saturated carbocycles. The summed E-state index contributed by atoms with van der Waals surface area (Å²) in [7, 11) is -3.66. The molecule has 2 rings (SSSR count). The van der Waals surface area contributed by atoms with Crippen LogP contribution in [-0.4, -0.2) is 21.0 Å². The van der Waals surface area contributed by atoms with Gasteiger partial charge in [0.1, 0.15) is 5.82 Å². The Morgan fingerprint density at radius 3 is 2.67 bits per heavy atom. The lowest BCUT2D eigenvalue weighted by molar-refractivity contribution is 0.270. The molecule has 1 aromatic rings. The average Bonchev–Trinajstić information content (AvgIpc) is 2.38. The number of halogens is 1. The zero-order valence-corrected chi connectivity index (χ0v) is 13.3. The van der Waals surface area contributed by atoms with Gasteiger partial charge in [0.2, 0.25) is 10.0 Å². The molecule has 118 valence electrons. The van der Waals surface area contributed by atoms with Crippen LogP contribution >= 0.6 is 0 Å². The molecule has 0 heterocycles. The van der Waals surface area contributed by atoms with Crippen molar-refractivity contribution in [1.29, 1.82) is 0 Å². The van der Waals surface area contributed by atoms with Gasteiger partial charge in [0.25, 0.3) is 0 Å². The largest absolute Gasteiger partial charge is 0.313 e. The normalized spacial score (nSPS) is 22.0. The van der Waals surface area contributed by atoms with Crippen molar-refractivity contribution in [3.63, 3.8) is 0 Å². The van der Waals surface area contributed by atoms with Crippen molar-refractivity contribution in [3.8, 4) is 0 Å². The molecule has 21 heavy (non-hydrogen) atoms. The van der Waals surface area contributed by atoms with Crippen LogP contribution in [0.25, 0.3) is 0 Å². The van der Waals surface area contributed by atoms with Crippen molar-refractivity contribution in [3.05, 3.63) is 29.6 Å². The number of nitrogens with one attached hydrogen (secondary N) is 2. The Hall–Kier alpha value is -0.980. The fourth-order valence-electron chi connectivity index (χ4n) is 2.61. The van der Waals surface area contributed by atoms with Gasteiger partial charge in [0.05, 0.1) is 4.90 Å². The molecular weight excluding hydrogens is 291 g/mol. The number of hydrogen-bond donors (Lipinski definition) is 2. The molecular formula is C15H23FN2O2S. The zero-order valence-electron chi connectivity index (χ0n) is 12.5. The predicted octanol–water partition coefficient (Wildman–Crippen LogP) is 2.40. The van der Waals surface area contributed by atoms with Crippen LogP contribution in [0.2, 0.25) is 0 Å². The van der Waals surface area contributed by atoms with E-state index in [4.69, 9.17) is 0 Å². The first-order valence-electron chi connectivity index (χ1n) is 7.44. The smallest absolute Gasteiger partial charge is 0.241 e. The molecule has 0 bridgehead atoms. The lowest BCUT2D eigenvalue weighted by atomic mass is 9.83. The Balaban J connectivity index is 2.17. The molecule has 1 aliphatic carbocycles. The number of hydrogen-bond acceptors (Lipinski definition) is 3. The summed E-state index contributed by atoms with van der Waals surface area (Å²) in [5.74, 6) is 0.0208. The summed E-state index contributed by atoms with van der Waals surface area (Å²) in [6.45, 7) is 5.34. The molecule has 0 spiro atoms. The second-order valence-electron chi connectivity index (χ2n) is 5.82. The summed E-state index contributed by atoms with van der Waals surface area (Å²) in [4.78, 5) is 0.0469. The highest BCUT2D eigenvalue weighted by atomic mass is 32.2. The van der Waals surface area contributed by atoms with Gasteiger partial charge in [-0.15, -0.1) is 0 Å². The summed E-state index contributed by atoms with van der Waals surface area (Å²) >= 11 is 0. The summed E-state index contributed by atoms with van der Waals surface area (Å²) in [5, 5.41) is 3.16. The predicted molar refractivity (Wildman–Crippen MR) is 80.9 cm³/mol. The second-order valence-corrected chi connectivity index (χ2v) is 7.51. The Labute approximate surface area is 126 Å². The molecule has 0 atom stereocenters. The van der Waals surface area contributed by atoms with Gasteiger partial charge < -0.3 is 5.32 Å². The molecule has 1 aromatic carbocycles. The molecule has 1 aliphatic rings. The van der Waals surface area contributed by atoms with Crippen molar-refractivity contribution < 1.29 is 12.8 Å². The standard InChI is InChI=1S/C15H23FN2O2S/c1-3-6-17-10-12-4-5-13(16)9-15(12)21(19,20)18-14-7-11(2)8-14/h4-5,9,11,14,17-18H,3,6-8,10H2,1-2H3. The minimum absolute atomic E-state index is 0.0234. The summed E-state index contributed by atoms with van der Waals surface area (Å²) < 4.78 is 41.0. The van der Waals surface area contributed by atoms with E-state index in [1.54, 1.807) is 0 Å². The first kappa shape index (κ1) is 16.4. The van der Waals surface area contributed by atoms with Gasteiger partial charge in [-0.3, -0.25) is 0 Å². The number of rotatable bonds is 7. The van der Waals surface area contributed by atoms with Gasteiger partial charge in [-0.25, -0.2) is 17.5 Å². The third-order valence-corrected chi connectivity index (χ3v) is 5.36. The van der Waals surface area contributed by atoms with Crippen LogP contribution < -0.4 is 10.0 Å². The highest BCUT2D eigenvalue weighted by Crippen LogP contribution is 2.28. The van der Waals surface area contributed by atoms with Crippen LogP contribution in [0.3, 0.4) is 0 Å². The average molecular weight is 314 g/mol. The molecule has 1 fully saturated rings. The van der Waals surface area contributed by atoms with Crippen LogP contribution in [0, 0.1) is 11.7 Å². The van der Waals surface area contributed by atoms with Crippen molar-refractivity contribution in [2.75, 3.05) is 6.54 Å². The van der Waals surface area contributed by atoms with E-state index in [2.05, 4.69) is 17.0 Å². The topological polar surface area (TPSA) is 58.2 Å². The quantitative estimate of drug-likeness (QED) is 0.760. The summed E-state index contributed by atoms with van der Waals surface area (Å²) in [5.41, 5.74) is 0.602. The van der Waals surface area contributed by atoms with Crippen molar-refractivity contribution in [2.24, 2.45) is 5.92 Å². The van der Waals surface area contributed by atoms with Crippen LogP contribution in [0.5, 0.6) is 0 Å². The first-order chi connectivity index (χ1) is 9.92. The molecule has 0 aromatic heterocycles. The maximum absolute atomic E-state index is 13.4. The van der Waals surface area contributed by atoms with E-state index < -0.39 is 15.8 Å². The lowest BCUT2D eigenvalue weighted by Crippen LogP contribution is -2.43. The van der Waals surface area contributed by atoms with Gasteiger partial charge in [-0.2, -0.15) is 0 Å². The molecule has 0 saturated heterocycles. The van der Waals surface area contributed by atoms with Crippen LogP contribution in [0.15, 0.2) is 23.1 Å². The Morgan fingerprint density at radius 2 is 2.05 bits per heavy atom. The Bertz CT molecular complexity index is 583. The van der Waals surface area contributed by atoms with E-state index >= 15 is 0 Å². The van der Waals surface area contributed by atoms with E-state index in [0.29, 0.717) is 18.0 Å². The molecule has 6 heteroatoms. The highest BCUT2D eigenvalue weighted by Gasteiger charge is 2.30. The van der Waals surface area contributed by atoms with Crippen LogP contribution in [0.1, 0.15) is 38.7 Å². The molecule has 0 aliphatic heterocycles. The van der Waals surface area contributed by atoms with Crippen molar-refractivity contribution in [1.82, 2.24) is 10.0 Å². The lowest BCUT2D eigenvalue weighted by Gasteiger charge is -2.33. The molecule has 0 radical (unpaired) electrons. The number of benzene rings is 1. The molecule has 2 N–H and O–H groups in total. The van der Waals surface area contributed by atoms with Crippen LogP contribution in [0.4, 0.5) is 4.39 Å². The minimum atomic E-state index is -3.66. The van der Waals surface area contributed by atoms with Gasteiger partial charge in [0, 0.05) is 12.6 Å². The molecule has 0 amide bonds. The van der Waals surface area contributed by atoms with Gasteiger partial charge >= 0.3 is 0 Å². The molecule has 4 nitrogen and oxygen atoms in total. The van der Waals surface area contributed by atoms with E-state index in [1.807, 2.05) is 6.92 Å². The fourth-order valence-corrected chi connectivity index (χ4v) is 4.12. The van der Waals surface area contributed by atoms with Gasteiger partial charge in [0.15, 0.2) is 0 Å². The zero-order chi connectivity index (χ0) is 15.5. The minimum Gasteiger partial charge on any atom is -0.313 e. The van der Waals surface area contributed by atoms with Crippen LogP contribution in [-0.2, 0) is 16.6 Å². The van der Waals surface area contributed by atoms with Crippen molar-refractivity contribution in [2.45, 2.75) is 50.6 Å². The maximum atomic E-state index is 13.4. The first-order valence-corrected chi connectivity index (χ1v) is 8.92. The third-order valence-electron chi connectivity index (χ3n) is 3.76. The maximum Gasteiger partial charge on any atom is 0.241 e. The SMILES string of the molecule is CCCNCc1ccc(F)cc1S(=O)(=O)NC1CC(C)C1. The van der Waals surface area contributed by atoms with Crippen molar-refractivity contribution >= 4 is 10.0 Å². The fraction of sp³-hybridized carbons (Fsp3) is 0.600. The molecule has 0 unspecified atom stereocenters. The van der Waals surface area contributed by atoms with E-state index in [-0.39, 0.29) is 10.9 Å².